The number of nitrogens with one attached hydrogen (secondary N) is 1. The minimum atomic E-state index is -0.311. The molecule has 1 aliphatic rings. The molecule has 164 valence electrons. The second kappa shape index (κ2) is 9.32. The number of amides is 1. The Balaban J connectivity index is 1.73. The predicted molar refractivity (Wildman–Crippen MR) is 124 cm³/mol. The van der Waals surface area contributed by atoms with Gasteiger partial charge in [0.15, 0.2) is 0 Å². The number of aliphatic hydroxyl groups excluding tert-OH is 1. The number of nitrogens with zero attached hydrogens (tertiary/aromatic N) is 1. The van der Waals surface area contributed by atoms with Gasteiger partial charge in [0.2, 0.25) is 0 Å². The minimum absolute atomic E-state index is 0.104. The summed E-state index contributed by atoms with van der Waals surface area (Å²) in [6.45, 7) is 4.87. The van der Waals surface area contributed by atoms with Crippen LogP contribution < -0.4 is 4.74 Å². The summed E-state index contributed by atoms with van der Waals surface area (Å²) in [6.07, 6.45) is 0.856. The standard InChI is InChI=1S/C24H27BrN2O4/c1-15(2)31-24(29)27-11-10-19-20-14-17(25)6-9-21(20)26-22(19)23(27)16-4-7-18(8-5-16)30-13-3-12-28/h4-9,14-15,23,26,28H,3,10-13H2,1-2H3. The summed E-state index contributed by atoms with van der Waals surface area (Å²) in [5.74, 6) is 0.741. The van der Waals surface area contributed by atoms with Crippen LogP contribution in [-0.2, 0) is 11.2 Å². The first kappa shape index (κ1) is 21.7. The Morgan fingerprint density at radius 2 is 2.03 bits per heavy atom. The van der Waals surface area contributed by atoms with E-state index in [4.69, 9.17) is 14.6 Å². The van der Waals surface area contributed by atoms with Crippen molar-refractivity contribution in [2.45, 2.75) is 38.8 Å². The number of carbonyl (C=O) groups excluding carboxylic acids is 1. The van der Waals surface area contributed by atoms with E-state index in [9.17, 15) is 4.79 Å². The van der Waals surface area contributed by atoms with Gasteiger partial charge in [0, 0.05) is 40.6 Å². The number of hydrogen-bond donors (Lipinski definition) is 2. The van der Waals surface area contributed by atoms with Crippen molar-refractivity contribution in [1.82, 2.24) is 9.88 Å². The molecule has 0 radical (unpaired) electrons. The summed E-state index contributed by atoms with van der Waals surface area (Å²) >= 11 is 3.57. The summed E-state index contributed by atoms with van der Waals surface area (Å²) in [7, 11) is 0. The van der Waals surface area contributed by atoms with Crippen LogP contribution in [-0.4, -0.2) is 46.9 Å². The molecule has 2 heterocycles. The van der Waals surface area contributed by atoms with Crippen molar-refractivity contribution >= 4 is 32.9 Å². The van der Waals surface area contributed by atoms with Crippen LogP contribution in [0, 0.1) is 0 Å². The zero-order valence-corrected chi connectivity index (χ0v) is 19.3. The summed E-state index contributed by atoms with van der Waals surface area (Å²) in [6, 6.07) is 13.7. The van der Waals surface area contributed by atoms with E-state index in [0.29, 0.717) is 19.6 Å². The lowest BCUT2D eigenvalue weighted by Crippen LogP contribution is -2.41. The Morgan fingerprint density at radius 1 is 1.26 bits per heavy atom. The van der Waals surface area contributed by atoms with Crippen LogP contribution in [0.4, 0.5) is 4.79 Å². The van der Waals surface area contributed by atoms with Crippen molar-refractivity contribution < 1.29 is 19.4 Å². The summed E-state index contributed by atoms with van der Waals surface area (Å²) in [4.78, 5) is 18.3. The second-order valence-electron chi connectivity index (χ2n) is 7.98. The van der Waals surface area contributed by atoms with Crippen LogP contribution in [0.1, 0.15) is 43.1 Å². The molecule has 31 heavy (non-hydrogen) atoms. The first-order valence-electron chi connectivity index (χ1n) is 10.6. The van der Waals surface area contributed by atoms with Gasteiger partial charge in [-0.3, -0.25) is 4.90 Å². The molecule has 3 aromatic rings. The van der Waals surface area contributed by atoms with Gasteiger partial charge in [-0.25, -0.2) is 4.79 Å². The molecular weight excluding hydrogens is 460 g/mol. The highest BCUT2D eigenvalue weighted by Crippen LogP contribution is 2.39. The minimum Gasteiger partial charge on any atom is -0.494 e. The van der Waals surface area contributed by atoms with Crippen molar-refractivity contribution in [3.05, 3.63) is 63.8 Å². The first-order chi connectivity index (χ1) is 15.0. The van der Waals surface area contributed by atoms with E-state index in [0.717, 1.165) is 33.4 Å². The average Bonchev–Trinajstić information content (AvgIpc) is 3.11. The molecule has 0 fully saturated rings. The van der Waals surface area contributed by atoms with Crippen molar-refractivity contribution in [2.75, 3.05) is 19.8 Å². The van der Waals surface area contributed by atoms with Crippen LogP contribution in [0.2, 0.25) is 0 Å². The maximum atomic E-state index is 12.9. The SMILES string of the molecule is CC(C)OC(=O)N1CCc2c([nH]c3ccc(Br)cc23)C1c1ccc(OCCCO)cc1. The molecule has 1 amide bonds. The second-order valence-corrected chi connectivity index (χ2v) is 8.90. The highest BCUT2D eigenvalue weighted by molar-refractivity contribution is 9.10. The molecule has 1 aliphatic heterocycles. The molecule has 0 saturated carbocycles. The number of rotatable bonds is 6. The number of benzene rings is 2. The summed E-state index contributed by atoms with van der Waals surface area (Å²) in [5.41, 5.74) is 4.30. The zero-order valence-electron chi connectivity index (χ0n) is 17.7. The Kier molecular flexibility index (Phi) is 6.53. The van der Waals surface area contributed by atoms with E-state index in [2.05, 4.69) is 33.0 Å². The van der Waals surface area contributed by atoms with E-state index in [1.54, 1.807) is 4.90 Å². The number of aromatic nitrogens is 1. The van der Waals surface area contributed by atoms with Gasteiger partial charge >= 0.3 is 6.09 Å². The van der Waals surface area contributed by atoms with Crippen molar-refractivity contribution in [3.8, 4) is 5.75 Å². The lowest BCUT2D eigenvalue weighted by atomic mass is 9.92. The summed E-state index contributed by atoms with van der Waals surface area (Å²) in [5, 5.41) is 10.1. The van der Waals surface area contributed by atoms with Gasteiger partial charge in [-0.2, -0.15) is 0 Å². The van der Waals surface area contributed by atoms with Gasteiger partial charge in [0.25, 0.3) is 0 Å². The highest BCUT2D eigenvalue weighted by Gasteiger charge is 2.35. The number of H-pyrrole nitrogens is 1. The number of halogens is 1. The molecule has 7 heteroatoms. The van der Waals surface area contributed by atoms with Gasteiger partial charge in [0.05, 0.1) is 12.7 Å². The normalized spacial score (nSPS) is 15.9. The third-order valence-corrected chi connectivity index (χ3v) is 5.92. The van der Waals surface area contributed by atoms with Crippen molar-refractivity contribution in [3.63, 3.8) is 0 Å². The van der Waals surface area contributed by atoms with Crippen LogP contribution in [0.25, 0.3) is 10.9 Å². The van der Waals surface area contributed by atoms with Crippen LogP contribution in [0.3, 0.4) is 0 Å². The molecule has 0 spiro atoms. The smallest absolute Gasteiger partial charge is 0.410 e. The molecule has 6 nitrogen and oxygen atoms in total. The summed E-state index contributed by atoms with van der Waals surface area (Å²) < 4.78 is 12.3. The van der Waals surface area contributed by atoms with Crippen LogP contribution >= 0.6 is 15.9 Å². The fourth-order valence-corrected chi connectivity index (χ4v) is 4.44. The first-order valence-corrected chi connectivity index (χ1v) is 11.4. The molecule has 1 unspecified atom stereocenters. The van der Waals surface area contributed by atoms with E-state index in [1.165, 1.54) is 10.9 Å². The topological polar surface area (TPSA) is 74.8 Å². The van der Waals surface area contributed by atoms with Crippen LogP contribution in [0.15, 0.2) is 46.9 Å². The third kappa shape index (κ3) is 4.57. The largest absolute Gasteiger partial charge is 0.494 e. The molecule has 0 saturated heterocycles. The van der Waals surface area contributed by atoms with E-state index < -0.39 is 0 Å². The van der Waals surface area contributed by atoms with Gasteiger partial charge in [-0.1, -0.05) is 28.1 Å². The predicted octanol–water partition coefficient (Wildman–Crippen LogP) is 5.18. The number of aliphatic hydroxyl groups is 1. The molecule has 1 aromatic heterocycles. The Bertz CT molecular complexity index is 1060. The quantitative estimate of drug-likeness (QED) is 0.470. The Morgan fingerprint density at radius 3 is 2.74 bits per heavy atom. The fraction of sp³-hybridized carbons (Fsp3) is 0.375. The Hall–Kier alpha value is -2.51. The molecule has 2 N–H and O–H groups in total. The van der Waals surface area contributed by atoms with Gasteiger partial charge in [-0.15, -0.1) is 0 Å². The maximum absolute atomic E-state index is 12.9. The maximum Gasteiger partial charge on any atom is 0.410 e. The molecule has 2 aromatic carbocycles. The number of aromatic amines is 1. The van der Waals surface area contributed by atoms with Gasteiger partial charge in [-0.05, 0) is 61.7 Å². The Labute approximate surface area is 190 Å². The number of ether oxygens (including phenoxy) is 2. The van der Waals surface area contributed by atoms with Crippen LogP contribution in [0.5, 0.6) is 5.75 Å². The third-order valence-electron chi connectivity index (χ3n) is 5.43. The lowest BCUT2D eigenvalue weighted by Gasteiger charge is -2.36. The van der Waals surface area contributed by atoms with Crippen molar-refractivity contribution in [1.29, 1.82) is 0 Å². The molecule has 4 rings (SSSR count). The molecule has 1 atom stereocenters. The molecular formula is C24H27BrN2O4. The fourth-order valence-electron chi connectivity index (χ4n) is 4.07. The number of hydrogen-bond acceptors (Lipinski definition) is 4. The van der Waals surface area contributed by atoms with E-state index >= 15 is 0 Å². The molecule has 0 aliphatic carbocycles. The molecule has 0 bridgehead atoms. The average molecular weight is 487 g/mol. The van der Waals surface area contributed by atoms with E-state index in [-0.39, 0.29) is 24.8 Å². The number of fused-ring (bicyclic) bond motifs is 3. The lowest BCUT2D eigenvalue weighted by molar-refractivity contribution is 0.0655. The highest BCUT2D eigenvalue weighted by atomic mass is 79.9. The zero-order chi connectivity index (χ0) is 22.0. The van der Waals surface area contributed by atoms with Crippen molar-refractivity contribution in [2.24, 2.45) is 0 Å². The monoisotopic (exact) mass is 486 g/mol. The van der Waals surface area contributed by atoms with Gasteiger partial charge in [0.1, 0.15) is 11.8 Å². The number of carbonyl (C=O) groups is 1. The van der Waals surface area contributed by atoms with E-state index in [1.807, 2.05) is 44.2 Å². The van der Waals surface area contributed by atoms with Gasteiger partial charge < -0.3 is 19.6 Å².